The molecule has 2 rings (SSSR count). The lowest BCUT2D eigenvalue weighted by Crippen LogP contribution is -2.39. The molecule has 5 nitrogen and oxygen atoms in total. The molecule has 0 aromatic heterocycles. The van der Waals surface area contributed by atoms with Crippen LogP contribution in [0.5, 0.6) is 0 Å². The number of nitrogens with one attached hydrogen (secondary N) is 1. The fourth-order valence-corrected chi connectivity index (χ4v) is 3.71. The van der Waals surface area contributed by atoms with Crippen LogP contribution >= 0.6 is 0 Å². The Kier molecular flexibility index (Phi) is 4.80. The molecule has 20 heavy (non-hydrogen) atoms. The number of hydrogen-bond acceptors (Lipinski definition) is 4. The minimum Gasteiger partial charge on any atom is -0.392 e. The van der Waals surface area contributed by atoms with E-state index in [4.69, 9.17) is 4.74 Å². The highest BCUT2D eigenvalue weighted by Gasteiger charge is 2.29. The van der Waals surface area contributed by atoms with Crippen LogP contribution in [0.3, 0.4) is 0 Å². The zero-order valence-electron chi connectivity index (χ0n) is 11.6. The standard InChI is InChI=1S/C14H21NO4S/c1-14(6-8-19-9-7-14)11-15-20(17,18)13-5-3-2-4-12(13)10-16/h2-5,15-16H,6-11H2,1H3. The third kappa shape index (κ3) is 3.58. The van der Waals surface area contributed by atoms with Crippen LogP contribution in [0.2, 0.25) is 0 Å². The van der Waals surface area contributed by atoms with Crippen LogP contribution < -0.4 is 4.72 Å². The summed E-state index contributed by atoms with van der Waals surface area (Å²) in [5.41, 5.74) is 0.344. The van der Waals surface area contributed by atoms with Crippen molar-refractivity contribution in [1.29, 1.82) is 0 Å². The van der Waals surface area contributed by atoms with Crippen molar-refractivity contribution in [2.75, 3.05) is 19.8 Å². The molecule has 0 unspecified atom stereocenters. The molecule has 0 bridgehead atoms. The van der Waals surface area contributed by atoms with Gasteiger partial charge in [0.25, 0.3) is 0 Å². The number of rotatable bonds is 5. The van der Waals surface area contributed by atoms with Gasteiger partial charge in [-0.05, 0) is 29.9 Å². The first-order valence-corrected chi connectivity index (χ1v) is 8.21. The maximum absolute atomic E-state index is 12.3. The molecule has 0 atom stereocenters. The molecule has 6 heteroatoms. The topological polar surface area (TPSA) is 75.6 Å². The molecule has 0 spiro atoms. The first-order valence-electron chi connectivity index (χ1n) is 6.73. The Labute approximate surface area is 120 Å². The van der Waals surface area contributed by atoms with Crippen LogP contribution in [-0.4, -0.2) is 33.3 Å². The lowest BCUT2D eigenvalue weighted by atomic mass is 9.83. The van der Waals surface area contributed by atoms with Gasteiger partial charge in [-0.25, -0.2) is 13.1 Å². The van der Waals surface area contributed by atoms with E-state index < -0.39 is 10.0 Å². The zero-order chi connectivity index (χ0) is 14.6. The van der Waals surface area contributed by atoms with E-state index in [1.165, 1.54) is 6.07 Å². The van der Waals surface area contributed by atoms with Gasteiger partial charge in [-0.15, -0.1) is 0 Å². The Morgan fingerprint density at radius 3 is 2.60 bits per heavy atom. The van der Waals surface area contributed by atoms with Gasteiger partial charge in [0.15, 0.2) is 0 Å². The maximum Gasteiger partial charge on any atom is 0.240 e. The van der Waals surface area contributed by atoms with Gasteiger partial charge < -0.3 is 9.84 Å². The van der Waals surface area contributed by atoms with Gasteiger partial charge in [0, 0.05) is 19.8 Å². The molecule has 1 saturated heterocycles. The second-order valence-electron chi connectivity index (χ2n) is 5.51. The molecule has 2 N–H and O–H groups in total. The van der Waals surface area contributed by atoms with E-state index in [1.807, 2.05) is 0 Å². The molecule has 0 aliphatic carbocycles. The number of sulfonamides is 1. The molecule has 1 aromatic rings. The Bertz CT molecular complexity index is 550. The Balaban J connectivity index is 2.11. The molecule has 112 valence electrons. The predicted octanol–water partition coefficient (Wildman–Crippen LogP) is 1.27. The van der Waals surface area contributed by atoms with Crippen molar-refractivity contribution in [3.05, 3.63) is 29.8 Å². The Hall–Kier alpha value is -0.950. The minimum atomic E-state index is -3.59. The molecular formula is C14H21NO4S. The van der Waals surface area contributed by atoms with Crippen LogP contribution in [0.15, 0.2) is 29.2 Å². The first kappa shape index (κ1) is 15.4. The number of aliphatic hydroxyl groups excluding tert-OH is 1. The smallest absolute Gasteiger partial charge is 0.240 e. The van der Waals surface area contributed by atoms with Crippen LogP contribution in [0.25, 0.3) is 0 Å². The molecule has 0 amide bonds. The summed E-state index contributed by atoms with van der Waals surface area (Å²) in [6, 6.07) is 6.50. The zero-order valence-corrected chi connectivity index (χ0v) is 12.4. The highest BCUT2D eigenvalue weighted by Crippen LogP contribution is 2.29. The second-order valence-corrected chi connectivity index (χ2v) is 7.25. The Morgan fingerprint density at radius 2 is 1.95 bits per heavy atom. The fraction of sp³-hybridized carbons (Fsp3) is 0.571. The van der Waals surface area contributed by atoms with E-state index in [1.54, 1.807) is 18.2 Å². The molecule has 0 saturated carbocycles. The number of benzene rings is 1. The summed E-state index contributed by atoms with van der Waals surface area (Å²) in [6.45, 7) is 3.51. The van der Waals surface area contributed by atoms with Gasteiger partial charge >= 0.3 is 0 Å². The number of ether oxygens (including phenoxy) is 1. The van der Waals surface area contributed by atoms with E-state index in [0.29, 0.717) is 25.3 Å². The van der Waals surface area contributed by atoms with Crippen molar-refractivity contribution in [1.82, 2.24) is 4.72 Å². The molecule has 1 aliphatic heterocycles. The quantitative estimate of drug-likeness (QED) is 0.858. The number of aliphatic hydroxyl groups is 1. The van der Waals surface area contributed by atoms with Crippen LogP contribution in [0.4, 0.5) is 0 Å². The van der Waals surface area contributed by atoms with E-state index >= 15 is 0 Å². The average Bonchev–Trinajstić information content (AvgIpc) is 2.46. The highest BCUT2D eigenvalue weighted by molar-refractivity contribution is 7.89. The summed E-state index contributed by atoms with van der Waals surface area (Å²) >= 11 is 0. The summed E-state index contributed by atoms with van der Waals surface area (Å²) in [7, 11) is -3.59. The van der Waals surface area contributed by atoms with E-state index in [0.717, 1.165) is 12.8 Å². The van der Waals surface area contributed by atoms with E-state index in [-0.39, 0.29) is 16.9 Å². The van der Waals surface area contributed by atoms with Gasteiger partial charge in [0.05, 0.1) is 11.5 Å². The summed E-state index contributed by atoms with van der Waals surface area (Å²) in [6.07, 6.45) is 1.69. The van der Waals surface area contributed by atoms with Gasteiger partial charge in [-0.2, -0.15) is 0 Å². The monoisotopic (exact) mass is 299 g/mol. The van der Waals surface area contributed by atoms with Crippen molar-refractivity contribution in [3.63, 3.8) is 0 Å². The van der Waals surface area contributed by atoms with Gasteiger partial charge in [-0.3, -0.25) is 0 Å². The van der Waals surface area contributed by atoms with Gasteiger partial charge in [0.2, 0.25) is 10.0 Å². The van der Waals surface area contributed by atoms with Crippen molar-refractivity contribution in [2.45, 2.75) is 31.3 Å². The average molecular weight is 299 g/mol. The minimum absolute atomic E-state index is 0.0700. The summed E-state index contributed by atoms with van der Waals surface area (Å²) in [5.74, 6) is 0. The third-order valence-electron chi connectivity index (χ3n) is 3.82. The SMILES string of the molecule is CC1(CNS(=O)(=O)c2ccccc2CO)CCOCC1. The van der Waals surface area contributed by atoms with E-state index in [9.17, 15) is 13.5 Å². The highest BCUT2D eigenvalue weighted by atomic mass is 32.2. The first-order chi connectivity index (χ1) is 9.47. The molecular weight excluding hydrogens is 278 g/mol. The summed E-state index contributed by atoms with van der Waals surface area (Å²) < 4.78 is 32.7. The van der Waals surface area contributed by atoms with Gasteiger partial charge in [-0.1, -0.05) is 25.1 Å². The number of hydrogen-bond donors (Lipinski definition) is 2. The third-order valence-corrected chi connectivity index (χ3v) is 5.32. The normalized spacial score (nSPS) is 18.9. The Morgan fingerprint density at radius 1 is 1.30 bits per heavy atom. The summed E-state index contributed by atoms with van der Waals surface area (Å²) in [5, 5.41) is 9.24. The second kappa shape index (κ2) is 6.22. The van der Waals surface area contributed by atoms with Crippen LogP contribution in [-0.2, 0) is 21.4 Å². The van der Waals surface area contributed by atoms with Crippen molar-refractivity contribution in [2.24, 2.45) is 5.41 Å². The molecule has 1 fully saturated rings. The molecule has 0 radical (unpaired) electrons. The van der Waals surface area contributed by atoms with Crippen molar-refractivity contribution in [3.8, 4) is 0 Å². The lowest BCUT2D eigenvalue weighted by Gasteiger charge is -2.33. The molecule has 1 heterocycles. The summed E-state index contributed by atoms with van der Waals surface area (Å²) in [4.78, 5) is 0.151. The van der Waals surface area contributed by atoms with Crippen molar-refractivity contribution < 1.29 is 18.3 Å². The van der Waals surface area contributed by atoms with E-state index in [2.05, 4.69) is 11.6 Å². The van der Waals surface area contributed by atoms with Crippen LogP contribution in [0, 0.1) is 5.41 Å². The van der Waals surface area contributed by atoms with Crippen LogP contribution in [0.1, 0.15) is 25.3 Å². The molecule has 1 aliphatic rings. The fourth-order valence-electron chi connectivity index (χ4n) is 2.28. The maximum atomic E-state index is 12.3. The lowest BCUT2D eigenvalue weighted by molar-refractivity contribution is 0.0264. The van der Waals surface area contributed by atoms with Crippen molar-refractivity contribution >= 4 is 10.0 Å². The predicted molar refractivity (Wildman–Crippen MR) is 75.7 cm³/mol. The largest absolute Gasteiger partial charge is 0.392 e. The molecule has 1 aromatic carbocycles. The van der Waals surface area contributed by atoms with Gasteiger partial charge in [0.1, 0.15) is 0 Å².